The number of methoxy groups -OCH3 is 1. The number of hydrogen-bond acceptors (Lipinski definition) is 4. The van der Waals surface area contributed by atoms with E-state index < -0.39 is 0 Å². The lowest BCUT2D eigenvalue weighted by Gasteiger charge is -2.15. The molecular weight excluding hydrogens is 218 g/mol. The molecule has 0 spiro atoms. The van der Waals surface area contributed by atoms with Gasteiger partial charge < -0.3 is 9.84 Å². The molecule has 0 saturated carbocycles. The van der Waals surface area contributed by atoms with E-state index in [1.807, 2.05) is 18.2 Å². The summed E-state index contributed by atoms with van der Waals surface area (Å²) < 4.78 is 4.69. The van der Waals surface area contributed by atoms with Crippen LogP contribution >= 0.6 is 0 Å². The molecule has 1 aliphatic rings. The van der Waals surface area contributed by atoms with E-state index in [1.54, 1.807) is 6.07 Å². The lowest BCUT2D eigenvalue weighted by atomic mass is 10.1. The van der Waals surface area contributed by atoms with Crippen molar-refractivity contribution in [2.75, 3.05) is 20.2 Å². The fraction of sp³-hybridized carbons (Fsp3) is 0.462. The van der Waals surface area contributed by atoms with Crippen LogP contribution in [-0.4, -0.2) is 42.3 Å². The van der Waals surface area contributed by atoms with Crippen molar-refractivity contribution in [1.82, 2.24) is 4.90 Å². The van der Waals surface area contributed by atoms with Crippen molar-refractivity contribution >= 4 is 5.97 Å². The van der Waals surface area contributed by atoms with Gasteiger partial charge in [-0.3, -0.25) is 4.90 Å². The van der Waals surface area contributed by atoms with Crippen LogP contribution in [0.4, 0.5) is 0 Å². The number of hydrogen-bond donors (Lipinski definition) is 1. The van der Waals surface area contributed by atoms with Crippen LogP contribution in [0, 0.1) is 0 Å². The number of nitrogens with zero attached hydrogens (tertiary/aromatic N) is 1. The quantitative estimate of drug-likeness (QED) is 0.795. The van der Waals surface area contributed by atoms with Gasteiger partial charge in [0.1, 0.15) is 0 Å². The molecule has 1 saturated heterocycles. The molecule has 92 valence electrons. The average molecular weight is 235 g/mol. The van der Waals surface area contributed by atoms with Gasteiger partial charge in [-0.15, -0.1) is 0 Å². The normalized spacial score (nSPS) is 20.5. The van der Waals surface area contributed by atoms with Gasteiger partial charge in [0.25, 0.3) is 0 Å². The van der Waals surface area contributed by atoms with Crippen molar-refractivity contribution in [3.63, 3.8) is 0 Å². The Balaban J connectivity index is 2.03. The van der Waals surface area contributed by atoms with Crippen LogP contribution < -0.4 is 0 Å². The molecule has 2 rings (SSSR count). The van der Waals surface area contributed by atoms with Crippen LogP contribution in [0.3, 0.4) is 0 Å². The fourth-order valence-corrected chi connectivity index (χ4v) is 2.13. The van der Waals surface area contributed by atoms with Crippen LogP contribution in [-0.2, 0) is 11.3 Å². The number of β-amino-alcohol motifs (C(OH)–C–C–N with tert-alkyl or cyclic N) is 1. The first-order valence-corrected chi connectivity index (χ1v) is 5.76. The minimum Gasteiger partial charge on any atom is -0.465 e. The fourth-order valence-electron chi connectivity index (χ4n) is 2.13. The van der Waals surface area contributed by atoms with E-state index in [0.717, 1.165) is 25.1 Å². The predicted molar refractivity (Wildman–Crippen MR) is 63.7 cm³/mol. The van der Waals surface area contributed by atoms with Crippen LogP contribution in [0.5, 0.6) is 0 Å². The molecule has 1 fully saturated rings. The minimum absolute atomic E-state index is 0.209. The zero-order valence-corrected chi connectivity index (χ0v) is 9.93. The Bertz CT molecular complexity index is 405. The Hall–Kier alpha value is -1.39. The molecule has 0 bridgehead atoms. The van der Waals surface area contributed by atoms with Crippen molar-refractivity contribution in [3.05, 3.63) is 35.4 Å². The van der Waals surface area contributed by atoms with Gasteiger partial charge in [-0.2, -0.15) is 0 Å². The summed E-state index contributed by atoms with van der Waals surface area (Å²) in [4.78, 5) is 13.6. The van der Waals surface area contributed by atoms with Crippen molar-refractivity contribution in [2.24, 2.45) is 0 Å². The minimum atomic E-state index is -0.312. The van der Waals surface area contributed by atoms with E-state index in [4.69, 9.17) is 0 Å². The molecule has 4 nitrogen and oxygen atoms in total. The lowest BCUT2D eigenvalue weighted by molar-refractivity contribution is 0.0600. The third-order valence-corrected chi connectivity index (χ3v) is 3.00. The summed E-state index contributed by atoms with van der Waals surface area (Å²) in [5.74, 6) is -0.312. The largest absolute Gasteiger partial charge is 0.465 e. The lowest BCUT2D eigenvalue weighted by Crippen LogP contribution is -2.21. The highest BCUT2D eigenvalue weighted by Crippen LogP contribution is 2.14. The van der Waals surface area contributed by atoms with Gasteiger partial charge in [0.15, 0.2) is 0 Å². The van der Waals surface area contributed by atoms with E-state index >= 15 is 0 Å². The molecule has 1 N–H and O–H groups in total. The van der Waals surface area contributed by atoms with Crippen molar-refractivity contribution < 1.29 is 14.6 Å². The standard InChI is InChI=1S/C13H17NO3/c1-17-13(16)11-4-2-3-10(7-11)8-14-6-5-12(15)9-14/h2-4,7,12,15H,5-6,8-9H2,1H3/t12-/m0/s1. The Morgan fingerprint density at radius 2 is 2.41 bits per heavy atom. The Morgan fingerprint density at radius 3 is 3.06 bits per heavy atom. The highest BCUT2D eigenvalue weighted by atomic mass is 16.5. The highest BCUT2D eigenvalue weighted by molar-refractivity contribution is 5.89. The first-order chi connectivity index (χ1) is 8.19. The van der Waals surface area contributed by atoms with Crippen LogP contribution in [0.2, 0.25) is 0 Å². The summed E-state index contributed by atoms with van der Waals surface area (Å²) in [5, 5.41) is 9.44. The first-order valence-electron chi connectivity index (χ1n) is 5.76. The number of aliphatic hydroxyl groups is 1. The van der Waals surface area contributed by atoms with E-state index in [-0.39, 0.29) is 12.1 Å². The van der Waals surface area contributed by atoms with Gasteiger partial charge in [-0.05, 0) is 24.1 Å². The maximum absolute atomic E-state index is 11.4. The van der Waals surface area contributed by atoms with Gasteiger partial charge in [-0.25, -0.2) is 4.79 Å². The summed E-state index contributed by atoms with van der Waals surface area (Å²) in [7, 11) is 1.38. The number of esters is 1. The number of carbonyl (C=O) groups excluding carboxylic acids is 1. The van der Waals surface area contributed by atoms with Crippen LogP contribution in [0.25, 0.3) is 0 Å². The van der Waals surface area contributed by atoms with E-state index in [2.05, 4.69) is 9.64 Å². The second-order valence-electron chi connectivity index (χ2n) is 4.37. The maximum Gasteiger partial charge on any atom is 0.337 e. The number of ether oxygens (including phenoxy) is 1. The van der Waals surface area contributed by atoms with Gasteiger partial charge in [0.2, 0.25) is 0 Å². The first kappa shape index (κ1) is 12.1. The molecule has 1 aromatic carbocycles. The SMILES string of the molecule is COC(=O)c1cccc(CN2CC[C@H](O)C2)c1. The number of aliphatic hydroxyl groups excluding tert-OH is 1. The highest BCUT2D eigenvalue weighted by Gasteiger charge is 2.20. The molecule has 17 heavy (non-hydrogen) atoms. The third-order valence-electron chi connectivity index (χ3n) is 3.00. The summed E-state index contributed by atoms with van der Waals surface area (Å²) in [6, 6.07) is 7.43. The number of carbonyl (C=O) groups is 1. The Morgan fingerprint density at radius 1 is 1.59 bits per heavy atom. The van der Waals surface area contributed by atoms with E-state index in [1.165, 1.54) is 7.11 Å². The van der Waals surface area contributed by atoms with Gasteiger partial charge >= 0.3 is 5.97 Å². The topological polar surface area (TPSA) is 49.8 Å². The summed E-state index contributed by atoms with van der Waals surface area (Å²) >= 11 is 0. The second-order valence-corrected chi connectivity index (χ2v) is 4.37. The molecule has 0 radical (unpaired) electrons. The second kappa shape index (κ2) is 5.29. The van der Waals surface area contributed by atoms with Gasteiger partial charge in [0.05, 0.1) is 18.8 Å². The molecule has 1 atom stereocenters. The maximum atomic E-state index is 11.4. The van der Waals surface area contributed by atoms with Gasteiger partial charge in [-0.1, -0.05) is 12.1 Å². The zero-order chi connectivity index (χ0) is 12.3. The number of rotatable bonds is 3. The smallest absolute Gasteiger partial charge is 0.337 e. The molecule has 0 aliphatic carbocycles. The Kier molecular flexibility index (Phi) is 3.76. The monoisotopic (exact) mass is 235 g/mol. The van der Waals surface area contributed by atoms with Crippen molar-refractivity contribution in [1.29, 1.82) is 0 Å². The Labute approximate surface area is 101 Å². The molecule has 1 heterocycles. The molecule has 1 aliphatic heterocycles. The van der Waals surface area contributed by atoms with Crippen molar-refractivity contribution in [2.45, 2.75) is 19.1 Å². The molecular formula is C13H17NO3. The number of likely N-dealkylation sites (tertiary alicyclic amines) is 1. The number of benzene rings is 1. The molecule has 0 amide bonds. The van der Waals surface area contributed by atoms with E-state index in [9.17, 15) is 9.90 Å². The molecule has 0 unspecified atom stereocenters. The summed E-state index contributed by atoms with van der Waals surface area (Å²) in [6.45, 7) is 2.38. The van der Waals surface area contributed by atoms with Gasteiger partial charge in [0, 0.05) is 19.6 Å². The average Bonchev–Trinajstić information content (AvgIpc) is 2.74. The van der Waals surface area contributed by atoms with Crippen LogP contribution in [0.1, 0.15) is 22.3 Å². The third kappa shape index (κ3) is 3.05. The predicted octanol–water partition coefficient (Wildman–Crippen LogP) is 1.04. The van der Waals surface area contributed by atoms with Crippen molar-refractivity contribution in [3.8, 4) is 0 Å². The molecule has 4 heteroatoms. The summed E-state index contributed by atoms with van der Waals surface area (Å²) in [5.41, 5.74) is 1.65. The zero-order valence-electron chi connectivity index (χ0n) is 9.93. The molecule has 1 aromatic rings. The van der Waals surface area contributed by atoms with Crippen LogP contribution in [0.15, 0.2) is 24.3 Å². The molecule has 0 aromatic heterocycles. The summed E-state index contributed by atoms with van der Waals surface area (Å²) in [6.07, 6.45) is 0.621. The van der Waals surface area contributed by atoms with E-state index in [0.29, 0.717) is 12.1 Å².